The van der Waals surface area contributed by atoms with E-state index in [0.29, 0.717) is 42.9 Å². The Kier molecular flexibility index (Phi) is 14.8. The maximum Gasteiger partial charge on any atom is 0.307 e. The highest BCUT2D eigenvalue weighted by molar-refractivity contribution is 5.78. The number of carboxylic acid groups (broad SMARTS) is 1. The summed E-state index contributed by atoms with van der Waals surface area (Å²) in [6.07, 6.45) is 47.5. The Hall–Kier alpha value is -5.43. The standard InChI is InChI=1S/C84H104N2O4/c1-5-6-8-19-57-20-11-12-23-59(57)46-56-32-40-80(49-56)41-34-69-67(80)35-43-83-70(76(89)90)30-28-54(2)63(58-21-9-7-10-22-58)27-16-44-85-75-31-29-62(53-86-75)60-25-15-18-55(45-60)47-65-64-26-14-13-24-61(64)48-71-66(65)50-81-38-17-37-78(3)73(87)36-42-82(71,77(78)81)68-33-39-79(83,4)84(69,52-74(83)88)72(68)51-81/h11-15,17-18,20,23-26,29,31,35,38,43,45,48,50,56,58,63,67,69-71,73-74,77,85-88H,2,5-10,16,19,21-22,27-28,30,32-34,36-37,39-42,44,46-47,49,51-53H2,1,3-4H3,(H,89,90). The first kappa shape index (κ1) is 59.6. The summed E-state index contributed by atoms with van der Waals surface area (Å²) in [5.41, 5.74) is 11.7. The number of rotatable bonds is 8. The normalized spacial score (nSPS) is 40.7. The second kappa shape index (κ2) is 22.4. The molecule has 16 unspecified atom stereocenters. The molecule has 3 spiro atoms. The Morgan fingerprint density at radius 1 is 0.778 bits per heavy atom. The minimum Gasteiger partial charge on any atom is -0.481 e. The summed E-state index contributed by atoms with van der Waals surface area (Å²) in [5.74, 6) is 1.98. The van der Waals surface area contributed by atoms with Crippen LogP contribution in [0.3, 0.4) is 0 Å². The van der Waals surface area contributed by atoms with Gasteiger partial charge in [0, 0.05) is 46.1 Å². The first-order valence-corrected chi connectivity index (χ1v) is 36.7. The molecule has 6 heterocycles. The van der Waals surface area contributed by atoms with E-state index in [9.17, 15) is 15.3 Å². The van der Waals surface area contributed by atoms with Crippen LogP contribution in [0.2, 0.25) is 0 Å². The van der Waals surface area contributed by atoms with Crippen molar-refractivity contribution < 1.29 is 20.1 Å². The molecule has 0 amide bonds. The van der Waals surface area contributed by atoms with Crippen molar-refractivity contribution in [1.82, 2.24) is 10.6 Å². The van der Waals surface area contributed by atoms with Crippen LogP contribution in [0.25, 0.3) is 17.2 Å². The fourth-order valence-electron chi connectivity index (χ4n) is 25.5. The number of aliphatic hydroxyl groups excluding tert-OH is 2. The van der Waals surface area contributed by atoms with Gasteiger partial charge in [0.05, 0.1) is 23.9 Å². The Morgan fingerprint density at radius 3 is 2.44 bits per heavy atom. The van der Waals surface area contributed by atoms with Crippen LogP contribution in [0.15, 0.2) is 150 Å². The van der Waals surface area contributed by atoms with Gasteiger partial charge >= 0.3 is 5.97 Å². The highest BCUT2D eigenvalue weighted by atomic mass is 16.4. The van der Waals surface area contributed by atoms with E-state index in [4.69, 9.17) is 6.58 Å². The molecule has 16 atom stereocenters. The van der Waals surface area contributed by atoms with Crippen molar-refractivity contribution >= 4 is 23.2 Å². The number of hydrogen-bond donors (Lipinski definition) is 5. The maximum absolute atomic E-state index is 15.1. The minimum absolute atomic E-state index is 0.106. The van der Waals surface area contributed by atoms with Gasteiger partial charge in [-0.25, -0.2) is 0 Å². The van der Waals surface area contributed by atoms with Gasteiger partial charge in [-0.05, 0) is 243 Å². The molecule has 474 valence electrons. The average molecular weight is 1210 g/mol. The molecular weight excluding hydrogens is 1100 g/mol. The van der Waals surface area contributed by atoms with Gasteiger partial charge < -0.3 is 26.0 Å². The smallest absolute Gasteiger partial charge is 0.307 e. The number of nitrogens with one attached hydrogen (secondary N) is 2. The molecule has 11 aliphatic carbocycles. The summed E-state index contributed by atoms with van der Waals surface area (Å²) >= 11 is 0. The second-order valence-corrected chi connectivity index (χ2v) is 32.7. The summed E-state index contributed by atoms with van der Waals surface area (Å²) in [4.78, 5) is 15.1. The zero-order chi connectivity index (χ0) is 61.4. The predicted molar refractivity (Wildman–Crippen MR) is 365 cm³/mol. The molecule has 5 fully saturated rings. The lowest BCUT2D eigenvalue weighted by atomic mass is 9.30. The topological polar surface area (TPSA) is 102 Å². The second-order valence-electron chi connectivity index (χ2n) is 32.7. The van der Waals surface area contributed by atoms with Crippen molar-refractivity contribution in [3.63, 3.8) is 0 Å². The highest BCUT2D eigenvalue weighted by Gasteiger charge is 2.81. The summed E-state index contributed by atoms with van der Waals surface area (Å²) in [7, 11) is 0. The molecule has 3 aromatic carbocycles. The van der Waals surface area contributed by atoms with E-state index in [1.165, 1.54) is 121 Å². The Labute approximate surface area is 538 Å². The summed E-state index contributed by atoms with van der Waals surface area (Å²) in [5, 5.41) is 49.5. The zero-order valence-electron chi connectivity index (χ0n) is 54.8. The van der Waals surface area contributed by atoms with Crippen LogP contribution in [0.4, 0.5) is 0 Å². The van der Waals surface area contributed by atoms with E-state index < -0.39 is 40.3 Å². The highest BCUT2D eigenvalue weighted by Crippen LogP contribution is 2.86. The number of allylic oxidation sites excluding steroid dienone is 10. The number of aliphatic carboxylic acids is 1. The fraction of sp³-hybridized carbons (Fsp3) is 0.583. The van der Waals surface area contributed by atoms with Crippen LogP contribution in [0, 0.1) is 85.2 Å². The maximum atomic E-state index is 15.1. The molecule has 0 saturated heterocycles. The van der Waals surface area contributed by atoms with Gasteiger partial charge in [-0.2, -0.15) is 0 Å². The zero-order valence-corrected chi connectivity index (χ0v) is 54.8. The van der Waals surface area contributed by atoms with Gasteiger partial charge in [-0.15, -0.1) is 0 Å². The number of carbonyl (C=O) groups is 1. The number of carboxylic acids is 1. The van der Waals surface area contributed by atoms with Crippen LogP contribution < -0.4 is 21.1 Å². The van der Waals surface area contributed by atoms with E-state index in [2.05, 4.69) is 153 Å². The molecule has 6 heteroatoms. The van der Waals surface area contributed by atoms with Crippen molar-refractivity contribution in [2.75, 3.05) is 13.1 Å². The number of fused-ring (bicyclic) bond motifs is 3. The fourth-order valence-corrected chi connectivity index (χ4v) is 25.5. The van der Waals surface area contributed by atoms with Crippen LogP contribution in [0.1, 0.15) is 197 Å². The van der Waals surface area contributed by atoms with Crippen molar-refractivity contribution in [1.29, 1.82) is 0 Å². The van der Waals surface area contributed by atoms with Gasteiger partial charge in [-0.1, -0.05) is 192 Å². The van der Waals surface area contributed by atoms with Crippen LogP contribution in [-0.2, 0) is 24.1 Å². The van der Waals surface area contributed by atoms with Crippen molar-refractivity contribution in [3.8, 4) is 0 Å². The molecule has 5 N–H and O–H groups in total. The molecule has 6 nitrogen and oxygen atoms in total. The van der Waals surface area contributed by atoms with Crippen molar-refractivity contribution in [3.05, 3.63) is 183 Å². The van der Waals surface area contributed by atoms with Crippen molar-refractivity contribution in [2.24, 2.45) is 85.2 Å². The third-order valence-electron chi connectivity index (χ3n) is 29.1. The van der Waals surface area contributed by atoms with E-state index in [1.807, 2.05) is 0 Å². The van der Waals surface area contributed by atoms with Gasteiger partial charge in [0.2, 0.25) is 0 Å². The van der Waals surface area contributed by atoms with E-state index >= 15 is 4.79 Å². The van der Waals surface area contributed by atoms with Gasteiger partial charge in [0.1, 0.15) is 0 Å². The summed E-state index contributed by atoms with van der Waals surface area (Å²) in [6.45, 7) is 14.0. The Morgan fingerprint density at radius 2 is 1.61 bits per heavy atom. The Balaban J connectivity index is 0.889. The molecular formula is C84H104N2O4. The molecule has 3 aromatic rings. The lowest BCUT2D eigenvalue weighted by molar-refractivity contribution is -0.168. The van der Waals surface area contributed by atoms with Gasteiger partial charge in [0.25, 0.3) is 0 Å². The third-order valence-corrected chi connectivity index (χ3v) is 29.1. The van der Waals surface area contributed by atoms with Crippen LogP contribution in [0.5, 0.6) is 0 Å². The first-order valence-electron chi connectivity index (χ1n) is 36.7. The number of dihydropyridines is 1. The quantitative estimate of drug-likeness (QED) is 0.114. The Bertz CT molecular complexity index is 3720. The van der Waals surface area contributed by atoms with E-state index in [1.54, 1.807) is 22.3 Å². The number of aliphatic hydroxyl groups is 2. The first-order chi connectivity index (χ1) is 43.7. The van der Waals surface area contributed by atoms with E-state index in [-0.39, 0.29) is 39.4 Å². The van der Waals surface area contributed by atoms with E-state index in [0.717, 1.165) is 96.0 Å². The number of hydrogen-bond acceptors (Lipinski definition) is 5. The lowest BCUT2D eigenvalue weighted by Gasteiger charge is -2.73. The number of unbranched alkanes of at least 4 members (excludes halogenated alkanes) is 2. The summed E-state index contributed by atoms with van der Waals surface area (Å²) < 4.78 is 0. The molecule has 14 bridgehead atoms. The monoisotopic (exact) mass is 1200 g/mol. The minimum atomic E-state index is -0.976. The molecule has 17 aliphatic rings. The van der Waals surface area contributed by atoms with Crippen LogP contribution in [-0.4, -0.2) is 46.6 Å². The number of aryl methyl sites for hydroxylation is 1. The lowest BCUT2D eigenvalue weighted by Crippen LogP contribution is -2.68. The predicted octanol–water partition coefficient (Wildman–Crippen LogP) is 16.2. The average Bonchev–Trinajstić information content (AvgIpc) is 1.24. The van der Waals surface area contributed by atoms with Crippen molar-refractivity contribution in [2.45, 2.75) is 206 Å². The largest absolute Gasteiger partial charge is 0.481 e. The third kappa shape index (κ3) is 8.68. The molecule has 5 saturated carbocycles. The summed E-state index contributed by atoms with van der Waals surface area (Å²) in [6, 6.07) is 28.1. The van der Waals surface area contributed by atoms with Gasteiger partial charge in [0.15, 0.2) is 0 Å². The molecule has 90 heavy (non-hydrogen) atoms. The SMILES string of the molecule is C=C1CCC(C(=O)O)C23C=CC4C(CCC45CCC(Cc4ccccc4CCCCC)C5)C4(CC2O)C2=C(CCC43C)C34CCC(O)C5(C)CC=CC(C=C6C(=c7ccccc7=CC63)Cc3cccc(c3)C3=CC=C(NCCCC1C1CCCCC1)NC3)(C2)C54. The van der Waals surface area contributed by atoms with Crippen LogP contribution >= 0.6 is 0 Å². The van der Waals surface area contributed by atoms with Gasteiger partial charge in [-0.3, -0.25) is 4.79 Å². The molecule has 20 rings (SSSR count). The molecule has 6 aliphatic heterocycles. The molecule has 0 radical (unpaired) electrons. The number of benzene rings is 3. The molecule has 0 aromatic heterocycles.